The molecule has 0 radical (unpaired) electrons. The minimum Gasteiger partial charge on any atom is -0.490 e. The molecule has 3 aromatic rings. The molecule has 7 heteroatoms. The SMILES string of the molecule is CCCCn1c(C(=O)Nc2ccc(OC)c([N+](=O)[O-])c2)c(C)c2ccccc21. The maximum absolute atomic E-state index is 13.1. The number of carbonyl (C=O) groups excluding carboxylic acids is 1. The van der Waals surface area contributed by atoms with Crippen LogP contribution < -0.4 is 10.1 Å². The number of aryl methyl sites for hydroxylation is 2. The summed E-state index contributed by atoms with van der Waals surface area (Å²) in [4.78, 5) is 23.8. The van der Waals surface area contributed by atoms with Gasteiger partial charge in [-0.3, -0.25) is 14.9 Å². The number of unbranched alkanes of at least 4 members (excludes halogenated alkanes) is 1. The number of nitro groups is 1. The highest BCUT2D eigenvalue weighted by Gasteiger charge is 2.21. The molecule has 3 rings (SSSR count). The molecule has 28 heavy (non-hydrogen) atoms. The first-order valence-electron chi connectivity index (χ1n) is 9.19. The van der Waals surface area contributed by atoms with E-state index >= 15 is 0 Å². The predicted octanol–water partition coefficient (Wildman–Crippen LogP) is 4.92. The third-order valence-corrected chi connectivity index (χ3v) is 4.81. The number of carbonyl (C=O) groups is 1. The Labute approximate surface area is 163 Å². The number of hydrogen-bond acceptors (Lipinski definition) is 4. The first-order chi connectivity index (χ1) is 13.5. The minimum atomic E-state index is -0.530. The van der Waals surface area contributed by atoms with Crippen LogP contribution in [0.4, 0.5) is 11.4 Å². The highest BCUT2D eigenvalue weighted by Crippen LogP contribution is 2.31. The quantitative estimate of drug-likeness (QED) is 0.465. The fourth-order valence-electron chi connectivity index (χ4n) is 3.42. The van der Waals surface area contributed by atoms with Crippen LogP contribution in [0.2, 0.25) is 0 Å². The van der Waals surface area contributed by atoms with Crippen LogP contribution in [-0.2, 0) is 6.54 Å². The molecule has 1 amide bonds. The Balaban J connectivity index is 2.01. The van der Waals surface area contributed by atoms with Crippen molar-refractivity contribution in [3.8, 4) is 5.75 Å². The zero-order valence-corrected chi connectivity index (χ0v) is 16.2. The zero-order valence-electron chi connectivity index (χ0n) is 16.2. The summed E-state index contributed by atoms with van der Waals surface area (Å²) in [5.41, 5.74) is 2.65. The molecule has 0 fully saturated rings. The van der Waals surface area contributed by atoms with Crippen LogP contribution in [0.5, 0.6) is 5.75 Å². The predicted molar refractivity (Wildman–Crippen MR) is 109 cm³/mol. The lowest BCUT2D eigenvalue weighted by atomic mass is 10.1. The van der Waals surface area contributed by atoms with Gasteiger partial charge in [0.15, 0.2) is 5.75 Å². The Bertz CT molecular complexity index is 1040. The molecule has 0 aliphatic rings. The number of nitrogens with one attached hydrogen (secondary N) is 1. The summed E-state index contributed by atoms with van der Waals surface area (Å²) in [6.07, 6.45) is 1.96. The van der Waals surface area contributed by atoms with Crippen molar-refractivity contribution < 1.29 is 14.5 Å². The van der Waals surface area contributed by atoms with Crippen molar-refractivity contribution in [3.63, 3.8) is 0 Å². The van der Waals surface area contributed by atoms with Gasteiger partial charge in [-0.25, -0.2) is 0 Å². The molecule has 0 saturated heterocycles. The molecule has 0 aliphatic carbocycles. The number of aromatic nitrogens is 1. The monoisotopic (exact) mass is 381 g/mol. The highest BCUT2D eigenvalue weighted by molar-refractivity contribution is 6.08. The first-order valence-corrected chi connectivity index (χ1v) is 9.19. The summed E-state index contributed by atoms with van der Waals surface area (Å²) in [6, 6.07) is 12.3. The molecule has 1 N–H and O–H groups in total. The van der Waals surface area contributed by atoms with Gasteiger partial charge in [-0.05, 0) is 37.1 Å². The van der Waals surface area contributed by atoms with E-state index in [0.717, 1.165) is 35.9 Å². The lowest BCUT2D eigenvalue weighted by Gasteiger charge is -2.12. The van der Waals surface area contributed by atoms with E-state index in [9.17, 15) is 14.9 Å². The minimum absolute atomic E-state index is 0.149. The number of anilines is 1. The summed E-state index contributed by atoms with van der Waals surface area (Å²) in [5, 5.41) is 15.1. The van der Waals surface area contributed by atoms with Crippen LogP contribution in [0.15, 0.2) is 42.5 Å². The van der Waals surface area contributed by atoms with Gasteiger partial charge in [0.25, 0.3) is 5.91 Å². The molecule has 0 aliphatic heterocycles. The number of benzene rings is 2. The molecular weight excluding hydrogens is 358 g/mol. The third-order valence-electron chi connectivity index (χ3n) is 4.81. The van der Waals surface area contributed by atoms with Crippen LogP contribution in [-0.4, -0.2) is 22.5 Å². The number of nitro benzene ring substituents is 1. The molecule has 7 nitrogen and oxygen atoms in total. The van der Waals surface area contributed by atoms with Gasteiger partial charge in [0.05, 0.1) is 12.0 Å². The van der Waals surface area contributed by atoms with Gasteiger partial charge in [0.2, 0.25) is 0 Å². The number of fused-ring (bicyclic) bond motifs is 1. The Morgan fingerprint density at radius 1 is 1.25 bits per heavy atom. The van der Waals surface area contributed by atoms with E-state index in [2.05, 4.69) is 12.2 Å². The van der Waals surface area contributed by atoms with E-state index in [1.54, 1.807) is 6.07 Å². The van der Waals surface area contributed by atoms with Crippen molar-refractivity contribution in [1.82, 2.24) is 4.57 Å². The molecule has 2 aromatic carbocycles. The zero-order chi connectivity index (χ0) is 20.3. The fraction of sp³-hybridized carbons (Fsp3) is 0.286. The van der Waals surface area contributed by atoms with Gasteiger partial charge in [0, 0.05) is 29.2 Å². The summed E-state index contributed by atoms with van der Waals surface area (Å²) < 4.78 is 7.04. The van der Waals surface area contributed by atoms with E-state index in [4.69, 9.17) is 4.74 Å². The Hall–Kier alpha value is -3.35. The topological polar surface area (TPSA) is 86.4 Å². The number of amides is 1. The van der Waals surface area contributed by atoms with Gasteiger partial charge in [-0.2, -0.15) is 0 Å². The van der Waals surface area contributed by atoms with Crippen LogP contribution in [0.1, 0.15) is 35.8 Å². The van der Waals surface area contributed by atoms with Crippen molar-refractivity contribution >= 4 is 28.2 Å². The van der Waals surface area contributed by atoms with Gasteiger partial charge in [0.1, 0.15) is 5.69 Å². The number of hydrogen-bond donors (Lipinski definition) is 1. The number of para-hydroxylation sites is 1. The smallest absolute Gasteiger partial charge is 0.312 e. The Morgan fingerprint density at radius 3 is 2.68 bits per heavy atom. The fourth-order valence-corrected chi connectivity index (χ4v) is 3.42. The number of ether oxygens (including phenoxy) is 1. The van der Waals surface area contributed by atoms with E-state index in [0.29, 0.717) is 11.4 Å². The average molecular weight is 381 g/mol. The average Bonchev–Trinajstić information content (AvgIpc) is 2.98. The third kappa shape index (κ3) is 3.55. The number of methoxy groups -OCH3 is 1. The molecule has 0 unspecified atom stereocenters. The standard InChI is InChI=1S/C21H23N3O4/c1-4-5-12-23-17-9-7-6-8-16(17)14(2)20(23)21(25)22-15-10-11-19(28-3)18(13-15)24(26)27/h6-11,13H,4-5,12H2,1-3H3,(H,22,25). The Kier molecular flexibility index (Phi) is 5.63. The maximum Gasteiger partial charge on any atom is 0.312 e. The molecule has 0 atom stereocenters. The molecule has 0 saturated carbocycles. The molecule has 1 aromatic heterocycles. The van der Waals surface area contributed by atoms with Crippen molar-refractivity contribution in [2.75, 3.05) is 12.4 Å². The number of rotatable bonds is 7. The maximum atomic E-state index is 13.1. The van der Waals surface area contributed by atoms with Gasteiger partial charge < -0.3 is 14.6 Å². The summed E-state index contributed by atoms with van der Waals surface area (Å²) >= 11 is 0. The van der Waals surface area contributed by atoms with Crippen LogP contribution in [0.3, 0.4) is 0 Å². The first kappa shape index (κ1) is 19.4. The molecule has 0 spiro atoms. The lowest BCUT2D eigenvalue weighted by molar-refractivity contribution is -0.385. The van der Waals surface area contributed by atoms with E-state index < -0.39 is 4.92 Å². The number of nitrogens with zero attached hydrogens (tertiary/aromatic N) is 2. The second kappa shape index (κ2) is 8.12. The lowest BCUT2D eigenvalue weighted by Crippen LogP contribution is -2.18. The van der Waals surface area contributed by atoms with E-state index in [-0.39, 0.29) is 17.3 Å². The Morgan fingerprint density at radius 2 is 2.00 bits per heavy atom. The summed E-state index contributed by atoms with van der Waals surface area (Å²) in [5.74, 6) is -0.138. The van der Waals surface area contributed by atoms with Crippen molar-refractivity contribution in [2.45, 2.75) is 33.2 Å². The molecule has 0 bridgehead atoms. The van der Waals surface area contributed by atoms with Crippen LogP contribution in [0.25, 0.3) is 10.9 Å². The normalized spacial score (nSPS) is 10.8. The van der Waals surface area contributed by atoms with Gasteiger partial charge >= 0.3 is 5.69 Å². The van der Waals surface area contributed by atoms with Crippen LogP contribution >= 0.6 is 0 Å². The van der Waals surface area contributed by atoms with E-state index in [1.807, 2.05) is 35.8 Å². The molecule has 1 heterocycles. The highest BCUT2D eigenvalue weighted by atomic mass is 16.6. The van der Waals surface area contributed by atoms with Crippen LogP contribution in [0, 0.1) is 17.0 Å². The second-order valence-electron chi connectivity index (χ2n) is 6.59. The second-order valence-corrected chi connectivity index (χ2v) is 6.59. The molecule has 146 valence electrons. The van der Waals surface area contributed by atoms with Crippen molar-refractivity contribution in [3.05, 3.63) is 63.8 Å². The van der Waals surface area contributed by atoms with Gasteiger partial charge in [-0.1, -0.05) is 31.5 Å². The van der Waals surface area contributed by atoms with Gasteiger partial charge in [-0.15, -0.1) is 0 Å². The summed E-state index contributed by atoms with van der Waals surface area (Å²) in [7, 11) is 1.37. The van der Waals surface area contributed by atoms with E-state index in [1.165, 1.54) is 19.2 Å². The largest absolute Gasteiger partial charge is 0.490 e. The van der Waals surface area contributed by atoms with Crippen molar-refractivity contribution in [2.24, 2.45) is 0 Å². The van der Waals surface area contributed by atoms with Crippen molar-refractivity contribution in [1.29, 1.82) is 0 Å². The molecular formula is C21H23N3O4. The summed E-state index contributed by atoms with van der Waals surface area (Å²) in [6.45, 7) is 4.77.